The number of aromatic amines is 1. The number of aromatic hydroxyl groups is 1. The van der Waals surface area contributed by atoms with Crippen LogP contribution in [0.4, 0.5) is 5.69 Å². The minimum atomic E-state index is 0.101. The predicted molar refractivity (Wildman–Crippen MR) is 84.5 cm³/mol. The van der Waals surface area contributed by atoms with Gasteiger partial charge in [-0.25, -0.2) is 4.98 Å². The summed E-state index contributed by atoms with van der Waals surface area (Å²) in [6, 6.07) is 13.3. The Hall–Kier alpha value is -2.46. The van der Waals surface area contributed by atoms with Gasteiger partial charge in [0.2, 0.25) is 0 Å². The average Bonchev–Trinajstić information content (AvgIpc) is 3.03. The van der Waals surface area contributed by atoms with Crippen LogP contribution < -0.4 is 5.32 Å². The Kier molecular flexibility index (Phi) is 3.79. The van der Waals surface area contributed by atoms with Gasteiger partial charge >= 0.3 is 0 Å². The molecule has 0 saturated carbocycles. The lowest BCUT2D eigenvalue weighted by Gasteiger charge is -2.08. The van der Waals surface area contributed by atoms with Crippen molar-refractivity contribution < 1.29 is 5.11 Å². The molecule has 0 aliphatic carbocycles. The molecule has 0 unspecified atom stereocenters. The van der Waals surface area contributed by atoms with E-state index in [4.69, 9.17) is 11.6 Å². The highest BCUT2D eigenvalue weighted by molar-refractivity contribution is 6.32. The van der Waals surface area contributed by atoms with Gasteiger partial charge in [0.1, 0.15) is 5.75 Å². The second-order valence-corrected chi connectivity index (χ2v) is 5.09. The number of rotatable bonds is 4. The number of hydrogen-bond donors (Lipinski definition) is 3. The van der Waals surface area contributed by atoms with Crippen molar-refractivity contribution in [2.75, 3.05) is 5.32 Å². The van der Waals surface area contributed by atoms with E-state index in [0.29, 0.717) is 11.6 Å². The third-order valence-electron chi connectivity index (χ3n) is 3.20. The molecule has 5 heteroatoms. The van der Waals surface area contributed by atoms with E-state index in [9.17, 15) is 5.11 Å². The van der Waals surface area contributed by atoms with Gasteiger partial charge in [0.15, 0.2) is 0 Å². The molecule has 3 rings (SSSR count). The first-order chi connectivity index (χ1) is 10.2. The summed E-state index contributed by atoms with van der Waals surface area (Å²) < 4.78 is 0. The number of benzene rings is 2. The van der Waals surface area contributed by atoms with Crippen molar-refractivity contribution in [2.45, 2.75) is 6.54 Å². The third-order valence-corrected chi connectivity index (χ3v) is 3.51. The predicted octanol–water partition coefficient (Wildman–Crippen LogP) is 4.05. The second-order valence-electron chi connectivity index (χ2n) is 4.68. The van der Waals surface area contributed by atoms with Crippen LogP contribution in [-0.2, 0) is 6.54 Å². The molecule has 0 amide bonds. The van der Waals surface area contributed by atoms with Crippen LogP contribution in [0, 0.1) is 0 Å². The number of halogens is 1. The van der Waals surface area contributed by atoms with Crippen molar-refractivity contribution in [3.8, 4) is 17.0 Å². The molecule has 3 N–H and O–H groups in total. The van der Waals surface area contributed by atoms with Gasteiger partial charge < -0.3 is 15.4 Å². The van der Waals surface area contributed by atoms with Gasteiger partial charge in [-0.1, -0.05) is 29.8 Å². The molecule has 21 heavy (non-hydrogen) atoms. The quantitative estimate of drug-likeness (QED) is 0.681. The molecule has 0 aliphatic heterocycles. The number of anilines is 1. The van der Waals surface area contributed by atoms with Crippen molar-refractivity contribution in [1.82, 2.24) is 9.97 Å². The molecule has 0 bridgehead atoms. The van der Waals surface area contributed by atoms with E-state index in [2.05, 4.69) is 15.3 Å². The number of imidazole rings is 1. The van der Waals surface area contributed by atoms with Crippen LogP contribution >= 0.6 is 11.6 Å². The Bertz CT molecular complexity index is 724. The fourth-order valence-electron chi connectivity index (χ4n) is 2.05. The molecular formula is C16H14ClN3O. The van der Waals surface area contributed by atoms with Crippen molar-refractivity contribution in [3.63, 3.8) is 0 Å². The van der Waals surface area contributed by atoms with Crippen LogP contribution in [0.15, 0.2) is 55.0 Å². The number of H-pyrrole nitrogens is 1. The van der Waals surface area contributed by atoms with Crippen molar-refractivity contribution in [3.05, 3.63) is 65.6 Å². The van der Waals surface area contributed by atoms with Crippen LogP contribution in [0.2, 0.25) is 5.02 Å². The number of nitrogens with zero attached hydrogens (tertiary/aromatic N) is 1. The molecular weight excluding hydrogens is 286 g/mol. The van der Waals surface area contributed by atoms with E-state index in [1.807, 2.05) is 30.3 Å². The molecule has 106 valence electrons. The van der Waals surface area contributed by atoms with E-state index >= 15 is 0 Å². The van der Waals surface area contributed by atoms with Crippen molar-refractivity contribution in [2.24, 2.45) is 0 Å². The Morgan fingerprint density at radius 3 is 2.62 bits per heavy atom. The van der Waals surface area contributed by atoms with Gasteiger partial charge in [-0.2, -0.15) is 0 Å². The molecule has 1 aromatic heterocycles. The molecule has 0 radical (unpaired) electrons. The molecule has 4 nitrogen and oxygen atoms in total. The Morgan fingerprint density at radius 2 is 1.95 bits per heavy atom. The molecule has 2 aromatic carbocycles. The van der Waals surface area contributed by atoms with E-state index in [0.717, 1.165) is 22.5 Å². The molecule has 0 atom stereocenters. The van der Waals surface area contributed by atoms with Crippen LogP contribution in [0.25, 0.3) is 11.3 Å². The maximum Gasteiger partial charge on any atom is 0.134 e. The highest BCUT2D eigenvalue weighted by atomic mass is 35.5. The SMILES string of the molecule is Oc1ccc(CNc2ccc(-c3cnc[nH]3)cc2)cc1Cl. The molecule has 0 fully saturated rings. The second kappa shape index (κ2) is 5.89. The fraction of sp³-hybridized carbons (Fsp3) is 0.0625. The van der Waals surface area contributed by atoms with Gasteiger partial charge in [0.05, 0.1) is 23.2 Å². The highest BCUT2D eigenvalue weighted by Gasteiger charge is 2.01. The minimum Gasteiger partial charge on any atom is -0.506 e. The third kappa shape index (κ3) is 3.17. The van der Waals surface area contributed by atoms with Crippen LogP contribution in [0.3, 0.4) is 0 Å². The fourth-order valence-corrected chi connectivity index (χ4v) is 2.25. The summed E-state index contributed by atoms with van der Waals surface area (Å²) >= 11 is 5.89. The van der Waals surface area contributed by atoms with Gasteiger partial charge in [0.25, 0.3) is 0 Å². The first-order valence-corrected chi connectivity index (χ1v) is 6.90. The van der Waals surface area contributed by atoms with Crippen LogP contribution in [0.5, 0.6) is 5.75 Å². The van der Waals surface area contributed by atoms with Gasteiger partial charge in [-0.3, -0.25) is 0 Å². The molecule has 3 aromatic rings. The smallest absolute Gasteiger partial charge is 0.134 e. The normalized spacial score (nSPS) is 10.5. The zero-order valence-electron chi connectivity index (χ0n) is 11.2. The summed E-state index contributed by atoms with van der Waals surface area (Å²) in [6.45, 7) is 0.642. The Labute approximate surface area is 127 Å². The average molecular weight is 300 g/mol. The van der Waals surface area contributed by atoms with Gasteiger partial charge in [0, 0.05) is 12.2 Å². The summed E-state index contributed by atoms with van der Waals surface area (Å²) in [5.74, 6) is 0.101. The summed E-state index contributed by atoms with van der Waals surface area (Å²) in [5, 5.41) is 13.1. The molecule has 0 saturated heterocycles. The van der Waals surface area contributed by atoms with Crippen LogP contribution in [0.1, 0.15) is 5.56 Å². The zero-order valence-corrected chi connectivity index (χ0v) is 11.9. The lowest BCUT2D eigenvalue weighted by molar-refractivity contribution is 0.475. The number of phenols is 1. The monoisotopic (exact) mass is 299 g/mol. The maximum atomic E-state index is 9.39. The Balaban J connectivity index is 1.66. The van der Waals surface area contributed by atoms with Crippen molar-refractivity contribution in [1.29, 1.82) is 0 Å². The highest BCUT2D eigenvalue weighted by Crippen LogP contribution is 2.24. The van der Waals surface area contributed by atoms with Crippen LogP contribution in [-0.4, -0.2) is 15.1 Å². The lowest BCUT2D eigenvalue weighted by Crippen LogP contribution is -1.99. The van der Waals surface area contributed by atoms with Gasteiger partial charge in [-0.05, 0) is 35.4 Å². The number of phenolic OH excluding ortho intramolecular Hbond substituents is 1. The topological polar surface area (TPSA) is 60.9 Å². The number of nitrogens with one attached hydrogen (secondary N) is 2. The first kappa shape index (κ1) is 13.5. The lowest BCUT2D eigenvalue weighted by atomic mass is 10.1. The molecule has 0 aliphatic rings. The zero-order chi connectivity index (χ0) is 14.7. The van der Waals surface area contributed by atoms with E-state index in [1.165, 1.54) is 0 Å². The first-order valence-electron chi connectivity index (χ1n) is 6.52. The summed E-state index contributed by atoms with van der Waals surface area (Å²) in [7, 11) is 0. The van der Waals surface area contributed by atoms with Gasteiger partial charge in [-0.15, -0.1) is 0 Å². The minimum absolute atomic E-state index is 0.101. The molecule has 1 heterocycles. The number of hydrogen-bond acceptors (Lipinski definition) is 3. The largest absolute Gasteiger partial charge is 0.506 e. The standard InChI is InChI=1S/C16H14ClN3O/c17-14-7-11(1-6-16(14)21)8-19-13-4-2-12(3-5-13)15-9-18-10-20-15/h1-7,9-10,19,21H,8H2,(H,18,20). The number of aromatic nitrogens is 2. The molecule has 0 spiro atoms. The maximum absolute atomic E-state index is 9.39. The van der Waals surface area contributed by atoms with E-state index < -0.39 is 0 Å². The van der Waals surface area contributed by atoms with E-state index in [-0.39, 0.29) is 5.75 Å². The van der Waals surface area contributed by atoms with Crippen molar-refractivity contribution >= 4 is 17.3 Å². The summed E-state index contributed by atoms with van der Waals surface area (Å²) in [6.07, 6.45) is 3.46. The Morgan fingerprint density at radius 1 is 1.14 bits per heavy atom. The summed E-state index contributed by atoms with van der Waals surface area (Å²) in [4.78, 5) is 7.08. The summed E-state index contributed by atoms with van der Waals surface area (Å²) in [5.41, 5.74) is 4.11. The van der Waals surface area contributed by atoms with E-state index in [1.54, 1.807) is 24.7 Å².